The van der Waals surface area contributed by atoms with Crippen LogP contribution in [0.15, 0.2) is 6.07 Å². The van der Waals surface area contributed by atoms with Gasteiger partial charge in [0.05, 0.1) is 7.11 Å². The normalized spacial score (nSPS) is 25.2. The molecule has 3 rings (SSSR count). The van der Waals surface area contributed by atoms with Crippen molar-refractivity contribution in [2.75, 3.05) is 18.4 Å². The Labute approximate surface area is 123 Å². The zero-order valence-corrected chi connectivity index (χ0v) is 12.8. The fourth-order valence-electron chi connectivity index (χ4n) is 3.18. The van der Waals surface area contributed by atoms with Crippen LogP contribution in [-0.2, 0) is 22.0 Å². The van der Waals surface area contributed by atoms with Gasteiger partial charge in [0, 0.05) is 25.7 Å². The number of rotatable bonds is 4. The monoisotopic (exact) mass is 314 g/mol. The number of carbonyl (C=O) groups is 1. The Morgan fingerprint density at radius 2 is 2.24 bits per heavy atom. The third-order valence-electron chi connectivity index (χ3n) is 4.18. The molecule has 1 saturated carbocycles. The van der Waals surface area contributed by atoms with Gasteiger partial charge in [-0.15, -0.1) is 0 Å². The topological polar surface area (TPSA) is 93.5 Å². The maximum Gasteiger partial charge on any atom is 0.356 e. The minimum Gasteiger partial charge on any atom is -0.464 e. The molecule has 8 nitrogen and oxygen atoms in total. The quantitative estimate of drug-likeness (QED) is 0.809. The molecule has 1 aromatic rings. The number of fused-ring (bicyclic) bond motifs is 2. The summed E-state index contributed by atoms with van der Waals surface area (Å²) < 4.78 is 34.7. The number of ether oxygens (including phenoxy) is 1. The third kappa shape index (κ3) is 2.51. The predicted molar refractivity (Wildman–Crippen MR) is 74.9 cm³/mol. The largest absolute Gasteiger partial charge is 0.464 e. The summed E-state index contributed by atoms with van der Waals surface area (Å²) in [5.41, 5.74) is 0.193. The Morgan fingerprint density at radius 3 is 2.81 bits per heavy atom. The van der Waals surface area contributed by atoms with Crippen molar-refractivity contribution in [3.8, 4) is 0 Å². The Bertz CT molecular complexity index is 669. The molecule has 0 spiro atoms. The Kier molecular flexibility index (Phi) is 3.40. The lowest BCUT2D eigenvalue weighted by Gasteiger charge is -2.25. The first-order chi connectivity index (χ1) is 9.90. The van der Waals surface area contributed by atoms with Crippen molar-refractivity contribution in [2.45, 2.75) is 25.3 Å². The Hall–Kier alpha value is -1.61. The second kappa shape index (κ2) is 4.99. The molecule has 116 valence electrons. The second-order valence-electron chi connectivity index (χ2n) is 5.54. The first-order valence-electron chi connectivity index (χ1n) is 6.82. The SMILES string of the molecule is COC(=O)c1cc(NS(=O)(=O)N2CC3CCC2C3)nn1C. The highest BCUT2D eigenvalue weighted by molar-refractivity contribution is 7.90. The van der Waals surface area contributed by atoms with Gasteiger partial charge in [-0.25, -0.2) is 4.79 Å². The van der Waals surface area contributed by atoms with E-state index in [1.54, 1.807) is 7.05 Å². The molecular weight excluding hydrogens is 296 g/mol. The van der Waals surface area contributed by atoms with Crippen molar-refractivity contribution >= 4 is 22.0 Å². The van der Waals surface area contributed by atoms with Gasteiger partial charge in [-0.1, -0.05) is 0 Å². The number of anilines is 1. The van der Waals surface area contributed by atoms with E-state index < -0.39 is 16.2 Å². The lowest BCUT2D eigenvalue weighted by Crippen LogP contribution is -2.41. The molecule has 1 aromatic heterocycles. The molecule has 2 heterocycles. The standard InChI is InChI=1S/C12H18N4O4S/c1-15-10(12(17)20-2)6-11(13-15)14-21(18,19)16-7-8-3-4-9(16)5-8/h6,8-9H,3-5,7H2,1-2H3,(H,13,14). The molecule has 2 fully saturated rings. The van der Waals surface area contributed by atoms with E-state index in [1.807, 2.05) is 0 Å². The van der Waals surface area contributed by atoms with Crippen LogP contribution in [0.5, 0.6) is 0 Å². The number of hydrogen-bond donors (Lipinski definition) is 1. The van der Waals surface area contributed by atoms with E-state index >= 15 is 0 Å². The highest BCUT2D eigenvalue weighted by Crippen LogP contribution is 2.39. The van der Waals surface area contributed by atoms with Crippen LogP contribution in [0.3, 0.4) is 0 Å². The van der Waals surface area contributed by atoms with Crippen LogP contribution in [0, 0.1) is 5.92 Å². The van der Waals surface area contributed by atoms with Gasteiger partial charge in [0.15, 0.2) is 5.82 Å². The number of carbonyl (C=O) groups excluding carboxylic acids is 1. The molecule has 1 saturated heterocycles. The third-order valence-corrected chi connectivity index (χ3v) is 5.71. The molecule has 0 radical (unpaired) electrons. The maximum atomic E-state index is 12.4. The minimum absolute atomic E-state index is 0.0938. The summed E-state index contributed by atoms with van der Waals surface area (Å²) in [6, 6.07) is 1.47. The van der Waals surface area contributed by atoms with Gasteiger partial charge in [-0.2, -0.15) is 17.8 Å². The molecule has 1 N–H and O–H groups in total. The molecule has 2 atom stereocenters. The average molecular weight is 314 g/mol. The number of aryl methyl sites for hydroxylation is 1. The van der Waals surface area contributed by atoms with Gasteiger partial charge < -0.3 is 4.74 Å². The lowest BCUT2D eigenvalue weighted by molar-refractivity contribution is 0.0588. The summed E-state index contributed by atoms with van der Waals surface area (Å²) in [6.45, 7) is 0.566. The molecule has 1 aliphatic carbocycles. The lowest BCUT2D eigenvalue weighted by atomic mass is 10.1. The first-order valence-corrected chi connectivity index (χ1v) is 8.26. The molecule has 1 aliphatic heterocycles. The van der Waals surface area contributed by atoms with Crippen LogP contribution in [0.4, 0.5) is 5.82 Å². The summed E-state index contributed by atoms with van der Waals surface area (Å²) in [5, 5.41) is 4.00. The molecule has 2 unspecified atom stereocenters. The molecule has 21 heavy (non-hydrogen) atoms. The number of hydrogen-bond acceptors (Lipinski definition) is 5. The Balaban J connectivity index is 1.78. The summed E-state index contributed by atoms with van der Waals surface area (Å²) in [4.78, 5) is 11.5. The van der Waals surface area contributed by atoms with Gasteiger partial charge in [0.25, 0.3) is 0 Å². The fourth-order valence-corrected chi connectivity index (χ4v) is 4.65. The number of aromatic nitrogens is 2. The van der Waals surface area contributed by atoms with Crippen LogP contribution in [0.25, 0.3) is 0 Å². The zero-order valence-electron chi connectivity index (χ0n) is 11.9. The fraction of sp³-hybridized carbons (Fsp3) is 0.667. The van der Waals surface area contributed by atoms with Crippen molar-refractivity contribution < 1.29 is 17.9 Å². The Morgan fingerprint density at radius 1 is 1.48 bits per heavy atom. The predicted octanol–water partition coefficient (Wildman–Crippen LogP) is 0.348. The summed E-state index contributed by atoms with van der Waals surface area (Å²) in [7, 11) is -0.803. The van der Waals surface area contributed by atoms with Crippen molar-refractivity contribution in [2.24, 2.45) is 13.0 Å². The van der Waals surface area contributed by atoms with E-state index in [9.17, 15) is 13.2 Å². The van der Waals surface area contributed by atoms with E-state index in [0.29, 0.717) is 12.5 Å². The summed E-state index contributed by atoms with van der Waals surface area (Å²) in [5.74, 6) is 0.0392. The molecule has 0 aromatic carbocycles. The van der Waals surface area contributed by atoms with Crippen molar-refractivity contribution in [1.29, 1.82) is 0 Å². The number of nitrogens with zero attached hydrogens (tertiary/aromatic N) is 3. The zero-order chi connectivity index (χ0) is 15.2. The van der Waals surface area contributed by atoms with Crippen molar-refractivity contribution in [3.63, 3.8) is 0 Å². The smallest absolute Gasteiger partial charge is 0.356 e. The van der Waals surface area contributed by atoms with Crippen LogP contribution >= 0.6 is 0 Å². The number of piperidine rings is 1. The van der Waals surface area contributed by atoms with Gasteiger partial charge in [0.2, 0.25) is 0 Å². The molecule has 2 bridgehead atoms. The number of nitrogens with one attached hydrogen (secondary N) is 1. The van der Waals surface area contributed by atoms with E-state index in [0.717, 1.165) is 19.3 Å². The number of esters is 1. The van der Waals surface area contributed by atoms with E-state index in [1.165, 1.54) is 22.2 Å². The summed E-state index contributed by atoms with van der Waals surface area (Å²) >= 11 is 0. The van der Waals surface area contributed by atoms with Crippen LogP contribution in [0.2, 0.25) is 0 Å². The first kappa shape index (κ1) is 14.3. The number of methoxy groups -OCH3 is 1. The average Bonchev–Trinajstić information content (AvgIpc) is 3.12. The minimum atomic E-state index is -3.62. The molecular formula is C12H18N4O4S. The van der Waals surface area contributed by atoms with E-state index in [4.69, 9.17) is 0 Å². The molecule has 9 heteroatoms. The highest BCUT2D eigenvalue weighted by Gasteiger charge is 2.44. The van der Waals surface area contributed by atoms with E-state index in [2.05, 4.69) is 14.6 Å². The van der Waals surface area contributed by atoms with Crippen LogP contribution in [-0.4, -0.2) is 48.2 Å². The van der Waals surface area contributed by atoms with Crippen molar-refractivity contribution in [1.82, 2.24) is 14.1 Å². The van der Waals surface area contributed by atoms with Crippen LogP contribution in [0.1, 0.15) is 29.8 Å². The molecule has 2 aliphatic rings. The van der Waals surface area contributed by atoms with Gasteiger partial charge in [-0.05, 0) is 25.2 Å². The highest BCUT2D eigenvalue weighted by atomic mass is 32.2. The summed E-state index contributed by atoms with van der Waals surface area (Å²) in [6.07, 6.45) is 2.96. The molecule has 0 amide bonds. The van der Waals surface area contributed by atoms with Gasteiger partial charge >= 0.3 is 16.2 Å². The van der Waals surface area contributed by atoms with Gasteiger partial charge in [0.1, 0.15) is 5.69 Å². The second-order valence-corrected chi connectivity index (χ2v) is 7.16. The van der Waals surface area contributed by atoms with E-state index in [-0.39, 0.29) is 17.6 Å². The van der Waals surface area contributed by atoms with Crippen LogP contribution < -0.4 is 4.72 Å². The maximum absolute atomic E-state index is 12.4. The van der Waals surface area contributed by atoms with Gasteiger partial charge in [-0.3, -0.25) is 9.40 Å². The van der Waals surface area contributed by atoms with Crippen molar-refractivity contribution in [3.05, 3.63) is 11.8 Å².